The number of hydrogen-bond donors (Lipinski definition) is 21. The SMILES string of the molecule is CN[C@H](CC(C)C)C(=O)N[C@H]1C(=O)N[C@@H](CC(N)=O)C(=O)N[C@H]2C(=O)N[C@H]3C(=O)N[C@H](C(=O)N[C@H](C(=O)O)c4cc(O)c(CNCc5ccc(-c6ccc(Cl)cc6)cc5)c(O)c4-c4cc3ccc4O)[C@H](O[C@@H]3C[C@](C)(N)[C@@H](O)[C@@H](C)O3)c3ccc(cc3)Oc3cc2cc(c3O[C@@H]2O[C@H](CO)[C@@H](O)[C@H](O)[C@H]2O[C@@H]2C[C@](C)(N)[C@@H](O)[C@H](C)O2)Oc2ccc(cc2Cl)[C@H]1O. The van der Waals surface area contributed by atoms with Gasteiger partial charge in [-0.05, 0) is 153 Å². The smallest absolute Gasteiger partial charge is 0.330 e. The van der Waals surface area contributed by atoms with Crippen LogP contribution in [0.1, 0.15) is 137 Å². The highest BCUT2D eigenvalue weighted by Crippen LogP contribution is 2.51. The van der Waals surface area contributed by atoms with Gasteiger partial charge in [0.15, 0.2) is 36.2 Å². The number of halogens is 2. The van der Waals surface area contributed by atoms with Gasteiger partial charge >= 0.3 is 5.97 Å². The van der Waals surface area contributed by atoms with Crippen LogP contribution in [0.5, 0.6) is 46.0 Å². The fourth-order valence-electron chi connectivity index (χ4n) is 16.2. The molecule has 15 rings (SSSR count). The standard InChI is InChI=1S/C87H101Cl2N11O26/c1-36(2)24-52(93-7)78(111)99-67-69(105)44-17-23-56(51(89)26-44)122-58-28-45-27-57(74(58)126-85-75(72(108)71(107)59(35-101)123-85)125-62-32-87(6,92)77(110)38(4)120-62)121-47-20-14-42(15-21-47)73(124-61-31-86(5,91)76(109)37(3)119-61)68-83(116)98-66(84(117)118)49-29-55(103)50(34-94-33-39-8-10-40(11-9-39)41-12-18-46(88)19-13-41)70(106)63(49)48-25-43(16-22-54(48)102)64(80(113)100-68)97-81(114)65(45)96-79(112)53(30-60(90)104)95-82(67)115/h8-23,25-29,36-38,52-53,59,61-62,64-69,71-73,75-77,85,93-94,101-103,105-110H,24,30-35,91-92H2,1-7H3,(H2,90,104)(H,95,115)(H,96,112)(H,97,114)(H,98,116)(H,99,111)(H,100,113)(H,117,118)/t37-,38+,52-,53+,59-,61-,62-,64-,65-,66+,67-,68+,69-,71-,72+,73-,75-,76+,77+,85+,86+,87+/m1/s1. The molecule has 7 aromatic carbocycles. The fraction of sp³-hybridized carbons (Fsp3) is 0.425. The second kappa shape index (κ2) is 38.3. The van der Waals surface area contributed by atoms with Crippen LogP contribution in [-0.4, -0.2) is 215 Å². The van der Waals surface area contributed by atoms with Gasteiger partial charge in [0.2, 0.25) is 53.4 Å². The number of rotatable bonds is 20. The zero-order valence-electron chi connectivity index (χ0n) is 69.2. The van der Waals surface area contributed by atoms with Gasteiger partial charge in [0.1, 0.15) is 89.5 Å². The summed E-state index contributed by atoms with van der Waals surface area (Å²) in [6, 6.07) is 15.2. The highest BCUT2D eigenvalue weighted by atomic mass is 35.5. The van der Waals surface area contributed by atoms with Crippen molar-refractivity contribution in [1.29, 1.82) is 0 Å². The van der Waals surface area contributed by atoms with Crippen LogP contribution in [0.2, 0.25) is 10.0 Å². The van der Waals surface area contributed by atoms with Crippen molar-refractivity contribution in [3.05, 3.63) is 176 Å². The Morgan fingerprint density at radius 1 is 0.635 bits per heavy atom. The van der Waals surface area contributed by atoms with Crippen LogP contribution in [-0.2, 0) is 75.1 Å². The number of amides is 7. The van der Waals surface area contributed by atoms with Crippen LogP contribution in [0, 0.1) is 5.92 Å². The van der Waals surface area contributed by atoms with Crippen molar-refractivity contribution in [1.82, 2.24) is 42.5 Å². The second-order valence-electron chi connectivity index (χ2n) is 33.2. The third-order valence-electron chi connectivity index (χ3n) is 23.1. The Kier molecular flexibility index (Phi) is 28.2. The number of likely N-dealkylation sites (N-methyl/N-ethyl adjacent to an activating group) is 1. The molecule has 0 radical (unpaired) electrons. The first kappa shape index (κ1) is 92.7. The van der Waals surface area contributed by atoms with Gasteiger partial charge in [0.05, 0.1) is 54.1 Å². The van der Waals surface area contributed by atoms with E-state index in [0.29, 0.717) is 5.02 Å². The lowest BCUT2D eigenvalue weighted by Gasteiger charge is -2.47. The Labute approximate surface area is 731 Å². The first-order valence-electron chi connectivity index (χ1n) is 40.6. The molecule has 126 heavy (non-hydrogen) atoms. The summed E-state index contributed by atoms with van der Waals surface area (Å²) in [5.41, 5.74) is 15.8. The summed E-state index contributed by atoms with van der Waals surface area (Å²) in [6.07, 6.45) is -22.7. The van der Waals surface area contributed by atoms with E-state index in [4.69, 9.17) is 78.3 Å². The molecule has 0 aromatic heterocycles. The minimum atomic E-state index is -2.38. The Morgan fingerprint density at radius 2 is 1.23 bits per heavy atom. The van der Waals surface area contributed by atoms with Crippen LogP contribution < -0.4 is 73.9 Å². The number of aromatic hydroxyl groups is 3. The molecule has 674 valence electrons. The van der Waals surface area contributed by atoms with Crippen molar-refractivity contribution in [2.75, 3.05) is 13.7 Å². The number of carbonyl (C=O) groups is 8. The number of carbonyl (C=O) groups excluding carboxylic acids is 7. The van der Waals surface area contributed by atoms with E-state index in [9.17, 15) is 65.4 Å². The van der Waals surface area contributed by atoms with Crippen LogP contribution in [0.3, 0.4) is 0 Å². The second-order valence-corrected chi connectivity index (χ2v) is 34.0. The Morgan fingerprint density at radius 3 is 1.83 bits per heavy atom. The number of carboxylic acid groups (broad SMARTS) is 1. The molecule has 24 N–H and O–H groups in total. The molecule has 0 saturated carbocycles. The molecule has 3 fully saturated rings. The van der Waals surface area contributed by atoms with Crippen LogP contribution in [0.25, 0.3) is 22.3 Å². The number of aliphatic hydroxyl groups excluding tert-OH is 6. The third-order valence-corrected chi connectivity index (χ3v) is 23.7. The van der Waals surface area contributed by atoms with Crippen molar-refractivity contribution in [3.8, 4) is 68.2 Å². The van der Waals surface area contributed by atoms with E-state index in [2.05, 4.69) is 42.5 Å². The van der Waals surface area contributed by atoms with Crippen molar-refractivity contribution in [2.45, 2.75) is 214 Å². The highest BCUT2D eigenvalue weighted by Gasteiger charge is 2.53. The molecule has 8 aliphatic heterocycles. The number of aliphatic hydroxyl groups is 6. The van der Waals surface area contributed by atoms with E-state index >= 15 is 24.0 Å². The predicted octanol–water partition coefficient (Wildman–Crippen LogP) is 3.30. The van der Waals surface area contributed by atoms with Crippen molar-refractivity contribution < 1.29 is 127 Å². The zero-order chi connectivity index (χ0) is 91.0. The van der Waals surface area contributed by atoms with Gasteiger partial charge in [-0.25, -0.2) is 4.79 Å². The van der Waals surface area contributed by atoms with E-state index in [1.54, 1.807) is 12.1 Å². The van der Waals surface area contributed by atoms with Crippen LogP contribution >= 0.6 is 23.2 Å². The maximum atomic E-state index is 16.7. The van der Waals surface area contributed by atoms with Crippen molar-refractivity contribution in [2.24, 2.45) is 23.1 Å². The summed E-state index contributed by atoms with van der Waals surface area (Å²) in [5.74, 6) is -15.7. The molecule has 39 heteroatoms. The summed E-state index contributed by atoms with van der Waals surface area (Å²) in [5, 5.41) is 140. The molecule has 22 atom stereocenters. The number of ether oxygens (including phenoxy) is 8. The Balaban J connectivity index is 1.03. The number of fused-ring (bicyclic) bond motifs is 15. The number of carboxylic acids is 1. The summed E-state index contributed by atoms with van der Waals surface area (Å²) in [6.45, 7) is 8.39. The number of hydrogen-bond acceptors (Lipinski definition) is 29. The maximum Gasteiger partial charge on any atom is 0.330 e. The Bertz CT molecular complexity index is 5250. The first-order chi connectivity index (χ1) is 59.7. The van der Waals surface area contributed by atoms with Gasteiger partial charge < -0.3 is 149 Å². The molecular weight excluding hydrogens is 1690 g/mol. The molecule has 0 unspecified atom stereocenters. The van der Waals surface area contributed by atoms with Crippen molar-refractivity contribution in [3.63, 3.8) is 0 Å². The largest absolute Gasteiger partial charge is 0.507 e. The van der Waals surface area contributed by atoms with E-state index in [1.165, 1.54) is 71.1 Å². The van der Waals surface area contributed by atoms with Gasteiger partial charge in [-0.3, -0.25) is 33.6 Å². The van der Waals surface area contributed by atoms with E-state index < -0.39 is 250 Å². The Hall–Kier alpha value is -10.9. The summed E-state index contributed by atoms with van der Waals surface area (Å²) >= 11 is 13.4. The number of phenols is 3. The molecule has 11 bridgehead atoms. The molecule has 8 heterocycles. The number of primary amides is 1. The highest BCUT2D eigenvalue weighted by molar-refractivity contribution is 6.32. The minimum absolute atomic E-state index is 0.0562. The maximum absolute atomic E-state index is 16.7. The molecular formula is C87H101Cl2N11O26. The quantitative estimate of drug-likeness (QED) is 0.0520. The number of aliphatic carboxylic acids is 1. The van der Waals surface area contributed by atoms with Gasteiger partial charge in [-0.2, -0.15) is 0 Å². The average Bonchev–Trinajstić information content (AvgIpc) is 0.752. The average molecular weight is 1790 g/mol. The number of phenolic OH excluding ortho intramolecular Hbond substituents is 3. The van der Waals surface area contributed by atoms with E-state index in [-0.39, 0.29) is 77.0 Å². The molecule has 8 aliphatic rings. The molecule has 3 saturated heterocycles. The number of nitrogens with one attached hydrogen (secondary N) is 8. The number of benzene rings is 7. The lowest BCUT2D eigenvalue weighted by atomic mass is 9.86. The molecule has 7 aromatic rings. The first-order valence-corrected chi connectivity index (χ1v) is 41.4. The predicted molar refractivity (Wildman–Crippen MR) is 448 cm³/mol. The van der Waals surface area contributed by atoms with Gasteiger partial charge in [0.25, 0.3) is 0 Å². The lowest BCUT2D eigenvalue weighted by Crippen LogP contribution is -2.64. The molecule has 0 aliphatic carbocycles. The van der Waals surface area contributed by atoms with E-state index in [0.717, 1.165) is 59.2 Å². The lowest BCUT2D eigenvalue weighted by molar-refractivity contribution is -0.333. The van der Waals surface area contributed by atoms with Crippen molar-refractivity contribution >= 4 is 70.5 Å². The topological polar surface area (TPSA) is 587 Å². The molecule has 0 spiro atoms. The summed E-state index contributed by atoms with van der Waals surface area (Å²) < 4.78 is 52.2. The zero-order valence-corrected chi connectivity index (χ0v) is 70.7. The summed E-state index contributed by atoms with van der Waals surface area (Å²) in [7, 11) is 1.48. The fourth-order valence-corrected chi connectivity index (χ4v) is 16.6. The molecule has 37 nitrogen and oxygen atoms in total. The molecule has 7 amide bonds. The van der Waals surface area contributed by atoms with E-state index in [1.807, 2.05) is 50.2 Å². The normalized spacial score (nSPS) is 29.6. The summed E-state index contributed by atoms with van der Waals surface area (Å²) in [4.78, 5) is 122. The van der Waals surface area contributed by atoms with Gasteiger partial charge in [0, 0.05) is 58.7 Å². The van der Waals surface area contributed by atoms with Crippen LogP contribution in [0.4, 0.5) is 0 Å². The number of nitrogens with two attached hydrogens (primary N) is 3. The monoisotopic (exact) mass is 1790 g/mol. The van der Waals surface area contributed by atoms with Crippen LogP contribution in [0.15, 0.2) is 127 Å². The third kappa shape index (κ3) is 20.2. The van der Waals surface area contributed by atoms with Gasteiger partial charge in [-0.15, -0.1) is 0 Å². The van der Waals surface area contributed by atoms with Gasteiger partial charge in [-0.1, -0.05) is 97.7 Å². The minimum Gasteiger partial charge on any atom is -0.507 e.